The number of nitriles is 1. The van der Waals surface area contributed by atoms with Crippen molar-refractivity contribution >= 4 is 52.4 Å². The molecule has 0 aliphatic heterocycles. The number of esters is 1. The number of likely N-dealkylation sites (N-methyl/N-ethyl adjacent to an activating group) is 1. The number of ether oxygens (including phenoxy) is 1. The van der Waals surface area contributed by atoms with Crippen LogP contribution in [0.3, 0.4) is 0 Å². The standard InChI is InChI=1S/C12H11Cl3N4O3/c1-19(4-2-3-16)6(20)5-22-12(21)10-7(13)9(17)8(14)11(15)18-10/h2,4-5H2,1H3,(H2,17,18). The fourth-order valence-corrected chi connectivity index (χ4v) is 1.90. The molecule has 10 heteroatoms. The van der Waals surface area contributed by atoms with E-state index in [9.17, 15) is 9.59 Å². The lowest BCUT2D eigenvalue weighted by Crippen LogP contribution is -2.32. The lowest BCUT2D eigenvalue weighted by atomic mass is 10.3. The van der Waals surface area contributed by atoms with E-state index in [1.807, 2.05) is 6.07 Å². The summed E-state index contributed by atoms with van der Waals surface area (Å²) in [6, 6.07) is 1.90. The second-order valence-corrected chi connectivity index (χ2v) is 5.21. The molecule has 1 heterocycles. The van der Waals surface area contributed by atoms with Crippen molar-refractivity contribution in [3.8, 4) is 6.07 Å². The van der Waals surface area contributed by atoms with Gasteiger partial charge in [0.2, 0.25) is 0 Å². The molecule has 0 atom stereocenters. The van der Waals surface area contributed by atoms with Crippen LogP contribution in [0, 0.1) is 11.3 Å². The second-order valence-electron chi connectivity index (χ2n) is 4.09. The van der Waals surface area contributed by atoms with Crippen LogP contribution in [0.5, 0.6) is 0 Å². The molecular weight excluding hydrogens is 355 g/mol. The van der Waals surface area contributed by atoms with Crippen LogP contribution in [0.4, 0.5) is 5.69 Å². The molecule has 0 aromatic carbocycles. The first kappa shape index (κ1) is 18.3. The first-order valence-electron chi connectivity index (χ1n) is 5.87. The van der Waals surface area contributed by atoms with Gasteiger partial charge in [-0.05, 0) is 0 Å². The van der Waals surface area contributed by atoms with Gasteiger partial charge in [0.05, 0.1) is 23.2 Å². The van der Waals surface area contributed by atoms with Crippen molar-refractivity contribution in [3.05, 3.63) is 20.9 Å². The van der Waals surface area contributed by atoms with E-state index in [4.69, 9.17) is 50.5 Å². The highest BCUT2D eigenvalue weighted by Crippen LogP contribution is 2.34. The van der Waals surface area contributed by atoms with Gasteiger partial charge in [-0.1, -0.05) is 34.8 Å². The fourth-order valence-electron chi connectivity index (χ4n) is 1.31. The van der Waals surface area contributed by atoms with Gasteiger partial charge in [-0.15, -0.1) is 0 Å². The third-order valence-corrected chi connectivity index (χ3v) is 3.71. The molecule has 0 fully saturated rings. The predicted octanol–water partition coefficient (Wildman–Crippen LogP) is 2.15. The van der Waals surface area contributed by atoms with Crippen molar-refractivity contribution in [2.45, 2.75) is 6.42 Å². The second kappa shape index (κ2) is 8.03. The van der Waals surface area contributed by atoms with Crippen molar-refractivity contribution in [1.29, 1.82) is 5.26 Å². The third-order valence-electron chi connectivity index (χ3n) is 2.58. The third kappa shape index (κ3) is 4.37. The number of carbonyl (C=O) groups is 2. The number of hydrogen-bond acceptors (Lipinski definition) is 6. The number of hydrogen-bond donors (Lipinski definition) is 1. The summed E-state index contributed by atoms with van der Waals surface area (Å²) >= 11 is 17.3. The number of anilines is 1. The van der Waals surface area contributed by atoms with Gasteiger partial charge in [0, 0.05) is 13.6 Å². The molecule has 0 aliphatic carbocycles. The predicted molar refractivity (Wildman–Crippen MR) is 81.8 cm³/mol. The Kier molecular flexibility index (Phi) is 6.68. The van der Waals surface area contributed by atoms with Crippen molar-refractivity contribution in [1.82, 2.24) is 9.88 Å². The summed E-state index contributed by atoms with van der Waals surface area (Å²) in [5.41, 5.74) is 5.14. The summed E-state index contributed by atoms with van der Waals surface area (Å²) in [7, 11) is 1.48. The summed E-state index contributed by atoms with van der Waals surface area (Å²) in [6.07, 6.45) is 0.174. The molecule has 1 rings (SSSR count). The quantitative estimate of drug-likeness (QED) is 0.632. The van der Waals surface area contributed by atoms with Gasteiger partial charge in [-0.2, -0.15) is 5.26 Å². The minimum atomic E-state index is -0.961. The highest BCUT2D eigenvalue weighted by atomic mass is 35.5. The number of carbonyl (C=O) groups excluding carboxylic acids is 2. The van der Waals surface area contributed by atoms with Crippen molar-refractivity contribution in [3.63, 3.8) is 0 Å². The molecule has 0 unspecified atom stereocenters. The van der Waals surface area contributed by atoms with Crippen LogP contribution in [0.15, 0.2) is 0 Å². The number of halogens is 3. The number of amides is 1. The zero-order valence-corrected chi connectivity index (χ0v) is 13.7. The molecule has 1 amide bonds. The molecule has 0 saturated heterocycles. The minimum absolute atomic E-state index is 0.0736. The lowest BCUT2D eigenvalue weighted by molar-refractivity contribution is -0.133. The maximum absolute atomic E-state index is 11.9. The molecule has 0 bridgehead atoms. The maximum atomic E-state index is 11.9. The summed E-state index contributed by atoms with van der Waals surface area (Å²) in [6.45, 7) is -0.301. The SMILES string of the molecule is CN(CCC#N)C(=O)COC(=O)c1nc(Cl)c(Cl)c(N)c1Cl. The number of pyridine rings is 1. The Morgan fingerprint density at radius 2 is 2.00 bits per heavy atom. The van der Waals surface area contributed by atoms with Gasteiger partial charge >= 0.3 is 5.97 Å². The van der Waals surface area contributed by atoms with Gasteiger partial charge in [0.25, 0.3) is 5.91 Å². The summed E-state index contributed by atoms with van der Waals surface area (Å²) in [4.78, 5) is 28.5. The van der Waals surface area contributed by atoms with Crippen LogP contribution in [0.1, 0.15) is 16.9 Å². The van der Waals surface area contributed by atoms with Gasteiger partial charge in [0.15, 0.2) is 17.5 Å². The summed E-state index contributed by atoms with van der Waals surface area (Å²) in [5.74, 6) is -1.44. The molecule has 0 saturated carbocycles. The Morgan fingerprint density at radius 3 is 2.59 bits per heavy atom. The zero-order chi connectivity index (χ0) is 16.9. The van der Waals surface area contributed by atoms with Gasteiger partial charge < -0.3 is 15.4 Å². The lowest BCUT2D eigenvalue weighted by Gasteiger charge is -2.15. The smallest absolute Gasteiger partial charge is 0.359 e. The average molecular weight is 366 g/mol. The highest BCUT2D eigenvalue weighted by molar-refractivity contribution is 6.46. The zero-order valence-electron chi connectivity index (χ0n) is 11.4. The van der Waals surface area contributed by atoms with Gasteiger partial charge in [-0.3, -0.25) is 4.79 Å². The fraction of sp³-hybridized carbons (Fsp3) is 0.333. The van der Waals surface area contributed by atoms with E-state index in [1.54, 1.807) is 0 Å². The topological polar surface area (TPSA) is 109 Å². The number of aromatic nitrogens is 1. The molecule has 1 aromatic rings. The Balaban J connectivity index is 2.75. The van der Waals surface area contributed by atoms with Gasteiger partial charge in [0.1, 0.15) is 5.02 Å². The highest BCUT2D eigenvalue weighted by Gasteiger charge is 2.22. The Hall–Kier alpha value is -1.75. The van der Waals surface area contributed by atoms with Crippen molar-refractivity contribution in [2.24, 2.45) is 0 Å². The Labute approximate surface area is 141 Å². The van der Waals surface area contributed by atoms with Crippen LogP contribution >= 0.6 is 34.8 Å². The molecule has 0 aliphatic rings. The van der Waals surface area contributed by atoms with Crippen LogP contribution < -0.4 is 5.73 Å². The molecule has 2 N–H and O–H groups in total. The average Bonchev–Trinajstić information content (AvgIpc) is 2.51. The van der Waals surface area contributed by atoms with Crippen molar-refractivity contribution < 1.29 is 14.3 Å². The van der Waals surface area contributed by atoms with Gasteiger partial charge in [-0.25, -0.2) is 9.78 Å². The Morgan fingerprint density at radius 1 is 1.36 bits per heavy atom. The van der Waals surface area contributed by atoms with E-state index in [-0.39, 0.29) is 39.5 Å². The first-order valence-corrected chi connectivity index (χ1v) is 7.01. The molecule has 22 heavy (non-hydrogen) atoms. The number of nitrogens with zero attached hydrogens (tertiary/aromatic N) is 3. The molecule has 1 aromatic heterocycles. The van der Waals surface area contributed by atoms with E-state index < -0.39 is 18.5 Å². The summed E-state index contributed by atoms with van der Waals surface area (Å²) < 4.78 is 4.80. The number of nitrogen functional groups attached to an aromatic ring is 1. The number of rotatable bonds is 5. The molecule has 118 valence electrons. The van der Waals surface area contributed by atoms with Crippen LogP contribution in [0.2, 0.25) is 15.2 Å². The van der Waals surface area contributed by atoms with Crippen LogP contribution in [-0.4, -0.2) is 42.0 Å². The monoisotopic (exact) mass is 364 g/mol. The summed E-state index contributed by atoms with van der Waals surface area (Å²) in [5, 5.41) is 7.96. The minimum Gasteiger partial charge on any atom is -0.451 e. The number of nitrogens with two attached hydrogens (primary N) is 1. The molecular formula is C12H11Cl3N4O3. The Bertz CT molecular complexity index is 645. The molecule has 7 nitrogen and oxygen atoms in total. The van der Waals surface area contributed by atoms with E-state index >= 15 is 0 Å². The molecule has 0 radical (unpaired) electrons. The largest absolute Gasteiger partial charge is 0.451 e. The van der Waals surface area contributed by atoms with Crippen molar-refractivity contribution in [2.75, 3.05) is 25.9 Å². The van der Waals surface area contributed by atoms with Crippen LogP contribution in [0.25, 0.3) is 0 Å². The normalized spacial score (nSPS) is 9.95. The van der Waals surface area contributed by atoms with Crippen LogP contribution in [-0.2, 0) is 9.53 Å². The van der Waals surface area contributed by atoms with E-state index in [1.165, 1.54) is 11.9 Å². The van der Waals surface area contributed by atoms with E-state index in [0.717, 1.165) is 0 Å². The first-order chi connectivity index (χ1) is 10.3. The molecule has 0 spiro atoms. The van der Waals surface area contributed by atoms with E-state index in [2.05, 4.69) is 4.98 Å². The maximum Gasteiger partial charge on any atom is 0.359 e. The van der Waals surface area contributed by atoms with E-state index in [0.29, 0.717) is 0 Å².